The van der Waals surface area contributed by atoms with Crippen LogP contribution in [0.15, 0.2) is 18.7 Å². The Bertz CT molecular complexity index is 779. The summed E-state index contributed by atoms with van der Waals surface area (Å²) in [5.74, 6) is -1.26. The number of imidazole rings is 1. The van der Waals surface area contributed by atoms with Crippen LogP contribution in [0.5, 0.6) is 0 Å². The standard InChI is InChI=1S/C13H21N2O4.C8H18O4S/c1-5-6-9-19-12(17)13(2,11(16)18-4)15-8-7-14(3)10-15;1-2-3-4-5-6-7-8-12-13(9,10)11/h7-8,10H,5-6,9H2,1-4H3;2-8H2,1H3,(H,9,10,11)/q+1;/p-1/t13-;/m1./s1. The lowest BCUT2D eigenvalue weighted by molar-refractivity contribution is -0.671. The molecule has 1 atom stereocenters. The number of esters is 2. The van der Waals surface area contributed by atoms with E-state index in [4.69, 9.17) is 9.47 Å². The summed E-state index contributed by atoms with van der Waals surface area (Å²) in [6.07, 6.45) is 12.9. The number of hydrogen-bond donors (Lipinski definition) is 0. The molecule has 0 amide bonds. The molecule has 0 radical (unpaired) electrons. The van der Waals surface area contributed by atoms with Crippen molar-refractivity contribution in [2.75, 3.05) is 20.3 Å². The van der Waals surface area contributed by atoms with Crippen molar-refractivity contribution in [2.24, 2.45) is 7.05 Å². The van der Waals surface area contributed by atoms with Crippen LogP contribution < -0.4 is 4.57 Å². The molecule has 0 aliphatic rings. The molecule has 11 heteroatoms. The highest BCUT2D eigenvalue weighted by molar-refractivity contribution is 7.80. The summed E-state index contributed by atoms with van der Waals surface area (Å²) in [4.78, 5) is 24.2. The lowest BCUT2D eigenvalue weighted by Crippen LogP contribution is -2.48. The molecule has 1 heterocycles. The average molecular weight is 479 g/mol. The van der Waals surface area contributed by atoms with Crippen LogP contribution in [-0.4, -0.2) is 49.8 Å². The van der Waals surface area contributed by atoms with E-state index in [2.05, 4.69) is 11.1 Å². The van der Waals surface area contributed by atoms with Crippen LogP contribution in [0.3, 0.4) is 0 Å². The second-order valence-corrected chi connectivity index (χ2v) is 8.59. The number of ether oxygens (including phenoxy) is 2. The Balaban J connectivity index is 0.000000649. The predicted molar refractivity (Wildman–Crippen MR) is 116 cm³/mol. The summed E-state index contributed by atoms with van der Waals surface area (Å²) >= 11 is 0. The highest BCUT2D eigenvalue weighted by atomic mass is 32.3. The summed E-state index contributed by atoms with van der Waals surface area (Å²) in [6, 6.07) is 0. The molecule has 0 aromatic carbocycles. The molecule has 0 saturated heterocycles. The van der Waals surface area contributed by atoms with Gasteiger partial charge in [0.25, 0.3) is 0 Å². The summed E-state index contributed by atoms with van der Waals surface area (Å²) < 4.78 is 47.1. The first kappa shape index (κ1) is 30.0. The fourth-order valence-corrected chi connectivity index (χ4v) is 3.02. The van der Waals surface area contributed by atoms with E-state index >= 15 is 0 Å². The molecule has 0 spiro atoms. The number of carbonyl (C=O) groups is 2. The van der Waals surface area contributed by atoms with Gasteiger partial charge in [-0.25, -0.2) is 27.1 Å². The topological polar surface area (TPSA) is 128 Å². The van der Waals surface area contributed by atoms with Gasteiger partial charge in [-0.3, -0.25) is 4.18 Å². The van der Waals surface area contributed by atoms with Crippen molar-refractivity contribution >= 4 is 22.3 Å². The number of nitrogens with zero attached hydrogens (tertiary/aromatic N) is 2. The SMILES string of the molecule is CCCCCCCCOS(=O)(=O)[O-].CCCCOC(=O)[C@@](C)(C(=O)OC)n1cc[n+](C)c1. The van der Waals surface area contributed by atoms with E-state index in [0.717, 1.165) is 25.7 Å². The third kappa shape index (κ3) is 11.6. The molecule has 32 heavy (non-hydrogen) atoms. The Kier molecular flexibility index (Phi) is 14.8. The summed E-state index contributed by atoms with van der Waals surface area (Å²) in [5.41, 5.74) is -1.50. The largest absolute Gasteiger partial charge is 0.726 e. The van der Waals surface area contributed by atoms with Crippen molar-refractivity contribution in [3.05, 3.63) is 18.7 Å². The van der Waals surface area contributed by atoms with Gasteiger partial charge in [0.05, 0.1) is 27.4 Å². The Morgan fingerprint density at radius 1 is 1.00 bits per heavy atom. The monoisotopic (exact) mass is 478 g/mol. The number of rotatable bonds is 14. The van der Waals surface area contributed by atoms with Crippen molar-refractivity contribution < 1.29 is 40.8 Å². The average Bonchev–Trinajstić information content (AvgIpc) is 3.18. The third-order valence-corrected chi connectivity index (χ3v) is 5.18. The molecule has 186 valence electrons. The van der Waals surface area contributed by atoms with Gasteiger partial charge in [-0.1, -0.05) is 52.4 Å². The Morgan fingerprint density at radius 2 is 1.59 bits per heavy atom. The maximum atomic E-state index is 12.2. The second-order valence-electron chi connectivity index (χ2n) is 7.54. The van der Waals surface area contributed by atoms with E-state index in [1.54, 1.807) is 30.3 Å². The van der Waals surface area contributed by atoms with Gasteiger partial charge in [-0.2, -0.15) is 0 Å². The van der Waals surface area contributed by atoms with E-state index in [-0.39, 0.29) is 6.61 Å². The zero-order chi connectivity index (χ0) is 24.6. The van der Waals surface area contributed by atoms with Gasteiger partial charge < -0.3 is 14.0 Å². The minimum absolute atomic E-state index is 0.0258. The molecule has 0 fully saturated rings. The fraction of sp³-hybridized carbons (Fsp3) is 0.762. The van der Waals surface area contributed by atoms with Crippen molar-refractivity contribution in [1.29, 1.82) is 0 Å². The minimum Gasteiger partial charge on any atom is -0.726 e. The minimum atomic E-state index is -4.47. The maximum absolute atomic E-state index is 12.2. The molecule has 0 aliphatic heterocycles. The zero-order valence-electron chi connectivity index (χ0n) is 19.9. The zero-order valence-corrected chi connectivity index (χ0v) is 20.7. The molecule has 0 aliphatic carbocycles. The van der Waals surface area contributed by atoms with Crippen molar-refractivity contribution in [3.63, 3.8) is 0 Å². The third-order valence-electron chi connectivity index (χ3n) is 4.72. The summed E-state index contributed by atoms with van der Waals surface area (Å²) in [7, 11) is -1.42. The lowest BCUT2D eigenvalue weighted by atomic mass is 10.0. The molecule has 0 unspecified atom stereocenters. The van der Waals surface area contributed by atoms with Crippen molar-refractivity contribution in [3.8, 4) is 0 Å². The second kappa shape index (κ2) is 15.8. The molecule has 1 rings (SSSR count). The van der Waals surface area contributed by atoms with Crippen LogP contribution in [0.1, 0.15) is 72.1 Å². The number of carbonyl (C=O) groups excluding carboxylic acids is 2. The van der Waals surface area contributed by atoms with Gasteiger partial charge in [0.1, 0.15) is 12.4 Å². The quantitative estimate of drug-likeness (QED) is 0.0995. The number of methoxy groups -OCH3 is 1. The molecule has 1 aromatic heterocycles. The van der Waals surface area contributed by atoms with Crippen LogP contribution in [0.25, 0.3) is 0 Å². The first-order chi connectivity index (χ1) is 15.0. The molecule has 1 aromatic rings. The van der Waals surface area contributed by atoms with Crippen LogP contribution in [0, 0.1) is 0 Å². The first-order valence-corrected chi connectivity index (χ1v) is 12.3. The van der Waals surface area contributed by atoms with Gasteiger partial charge in [0.2, 0.25) is 16.7 Å². The van der Waals surface area contributed by atoms with Crippen LogP contribution >= 0.6 is 0 Å². The van der Waals surface area contributed by atoms with Crippen LogP contribution in [-0.2, 0) is 46.2 Å². The van der Waals surface area contributed by atoms with Gasteiger partial charge in [0.15, 0.2) is 0 Å². The molecule has 0 saturated carbocycles. The van der Waals surface area contributed by atoms with E-state index < -0.39 is 27.9 Å². The van der Waals surface area contributed by atoms with Crippen LogP contribution in [0.2, 0.25) is 0 Å². The van der Waals surface area contributed by atoms with Crippen LogP contribution in [0.4, 0.5) is 0 Å². The van der Waals surface area contributed by atoms with E-state index in [0.29, 0.717) is 13.0 Å². The highest BCUT2D eigenvalue weighted by Crippen LogP contribution is 2.19. The number of hydrogen-bond acceptors (Lipinski definition) is 8. The summed E-state index contributed by atoms with van der Waals surface area (Å²) in [6.45, 7) is 5.95. The van der Waals surface area contributed by atoms with Gasteiger partial charge in [-0.15, -0.1) is 0 Å². The van der Waals surface area contributed by atoms with E-state index in [1.807, 2.05) is 6.92 Å². The molecule has 10 nitrogen and oxygen atoms in total. The van der Waals surface area contributed by atoms with E-state index in [9.17, 15) is 22.6 Å². The number of unbranched alkanes of at least 4 members (excludes halogenated alkanes) is 6. The number of aromatic nitrogens is 2. The fourth-order valence-electron chi connectivity index (χ4n) is 2.70. The van der Waals surface area contributed by atoms with E-state index in [1.165, 1.54) is 37.9 Å². The lowest BCUT2D eigenvalue weighted by Gasteiger charge is -2.21. The molecule has 0 bridgehead atoms. The maximum Gasteiger partial charge on any atom is 0.366 e. The van der Waals surface area contributed by atoms with Crippen molar-refractivity contribution in [1.82, 2.24) is 4.57 Å². The highest BCUT2D eigenvalue weighted by Gasteiger charge is 2.50. The predicted octanol–water partition coefficient (Wildman–Crippen LogP) is 2.37. The molecular weight excluding hydrogens is 440 g/mol. The summed E-state index contributed by atoms with van der Waals surface area (Å²) in [5, 5.41) is 0. The normalized spacial score (nSPS) is 12.9. The smallest absolute Gasteiger partial charge is 0.366 e. The molecule has 0 N–H and O–H groups in total. The number of aryl methyl sites for hydroxylation is 1. The first-order valence-electron chi connectivity index (χ1n) is 10.9. The van der Waals surface area contributed by atoms with Gasteiger partial charge >= 0.3 is 17.5 Å². The van der Waals surface area contributed by atoms with Gasteiger partial charge in [-0.05, 0) is 12.8 Å². The van der Waals surface area contributed by atoms with Crippen molar-refractivity contribution in [2.45, 2.75) is 77.7 Å². The Labute approximate surface area is 191 Å². The Hall–Kier alpha value is -1.98. The Morgan fingerprint density at radius 3 is 2.09 bits per heavy atom. The van der Waals surface area contributed by atoms with Gasteiger partial charge in [0, 0.05) is 6.92 Å². The molecular formula is C21H38N2O8S.